The molecule has 0 unspecified atom stereocenters. The summed E-state index contributed by atoms with van der Waals surface area (Å²) in [6.07, 6.45) is 0.913. The van der Waals surface area contributed by atoms with Gasteiger partial charge in [-0.05, 0) is 13.3 Å². The molecule has 1 aromatic heterocycles. The lowest BCUT2D eigenvalue weighted by Crippen LogP contribution is -2.36. The van der Waals surface area contributed by atoms with Gasteiger partial charge in [-0.1, -0.05) is 6.92 Å². The number of rotatable bonds is 8. The van der Waals surface area contributed by atoms with Crippen molar-refractivity contribution in [3.63, 3.8) is 0 Å². The molecule has 1 aromatic rings. The monoisotopic (exact) mass is 295 g/mol. The van der Waals surface area contributed by atoms with Crippen LogP contribution in [0.3, 0.4) is 0 Å². The van der Waals surface area contributed by atoms with Gasteiger partial charge in [-0.3, -0.25) is 4.79 Å². The maximum absolute atomic E-state index is 11.8. The Balaban J connectivity index is 2.86. The Kier molecular flexibility index (Phi) is 6.64. The first kappa shape index (κ1) is 16.9. The van der Waals surface area contributed by atoms with Crippen LogP contribution < -0.4 is 20.4 Å². The van der Waals surface area contributed by atoms with Crippen LogP contribution in [-0.4, -0.2) is 61.6 Å². The number of hydrogen-bond donors (Lipinski definition) is 2. The fourth-order valence-electron chi connectivity index (χ4n) is 1.57. The van der Waals surface area contributed by atoms with Crippen LogP contribution >= 0.6 is 0 Å². The van der Waals surface area contributed by atoms with Gasteiger partial charge < -0.3 is 20.4 Å². The van der Waals surface area contributed by atoms with Gasteiger partial charge in [0.15, 0.2) is 0 Å². The van der Waals surface area contributed by atoms with Crippen LogP contribution in [0.5, 0.6) is 0 Å². The molecule has 0 aliphatic carbocycles. The summed E-state index contributed by atoms with van der Waals surface area (Å²) < 4.78 is 0. The lowest BCUT2D eigenvalue weighted by Gasteiger charge is -2.19. The van der Waals surface area contributed by atoms with Crippen molar-refractivity contribution < 1.29 is 4.79 Å². The molecule has 0 spiro atoms. The Morgan fingerprint density at radius 1 is 1.10 bits per heavy atom. The van der Waals surface area contributed by atoms with E-state index in [1.54, 1.807) is 16.8 Å². The van der Waals surface area contributed by atoms with Gasteiger partial charge in [-0.15, -0.1) is 0 Å². The summed E-state index contributed by atoms with van der Waals surface area (Å²) >= 11 is 0. The SMILES string of the molecule is CCCNC(=O)CN(C)c1nc(NCC)nc(N(C)C)n1. The van der Waals surface area contributed by atoms with E-state index in [2.05, 4.69) is 25.6 Å². The topological polar surface area (TPSA) is 86.3 Å². The lowest BCUT2D eigenvalue weighted by molar-refractivity contribution is -0.119. The average molecular weight is 295 g/mol. The van der Waals surface area contributed by atoms with E-state index >= 15 is 0 Å². The van der Waals surface area contributed by atoms with Crippen molar-refractivity contribution in [3.05, 3.63) is 0 Å². The summed E-state index contributed by atoms with van der Waals surface area (Å²) in [5, 5.41) is 5.90. The molecule has 1 heterocycles. The number of carbonyl (C=O) groups excluding carboxylic acids is 1. The van der Waals surface area contributed by atoms with Crippen LogP contribution in [0.1, 0.15) is 20.3 Å². The molecule has 0 aliphatic heterocycles. The van der Waals surface area contributed by atoms with E-state index in [-0.39, 0.29) is 12.5 Å². The normalized spacial score (nSPS) is 10.1. The van der Waals surface area contributed by atoms with E-state index in [1.165, 1.54) is 0 Å². The van der Waals surface area contributed by atoms with Gasteiger partial charge in [0.1, 0.15) is 0 Å². The molecule has 1 amide bonds. The molecule has 0 fully saturated rings. The highest BCUT2D eigenvalue weighted by Gasteiger charge is 2.13. The Morgan fingerprint density at radius 2 is 1.76 bits per heavy atom. The summed E-state index contributed by atoms with van der Waals surface area (Å²) in [7, 11) is 5.52. The van der Waals surface area contributed by atoms with Crippen molar-refractivity contribution in [3.8, 4) is 0 Å². The number of anilines is 3. The van der Waals surface area contributed by atoms with Crippen molar-refractivity contribution in [2.45, 2.75) is 20.3 Å². The minimum atomic E-state index is -0.0452. The molecule has 21 heavy (non-hydrogen) atoms. The molecule has 1 rings (SSSR count). The van der Waals surface area contributed by atoms with E-state index in [9.17, 15) is 4.79 Å². The highest BCUT2D eigenvalue weighted by atomic mass is 16.2. The van der Waals surface area contributed by atoms with Crippen molar-refractivity contribution >= 4 is 23.8 Å². The highest BCUT2D eigenvalue weighted by Crippen LogP contribution is 2.13. The molecule has 8 nitrogen and oxygen atoms in total. The van der Waals surface area contributed by atoms with Gasteiger partial charge >= 0.3 is 0 Å². The first-order valence-corrected chi connectivity index (χ1v) is 7.13. The Morgan fingerprint density at radius 3 is 2.33 bits per heavy atom. The zero-order valence-corrected chi connectivity index (χ0v) is 13.5. The quantitative estimate of drug-likeness (QED) is 0.715. The summed E-state index contributed by atoms with van der Waals surface area (Å²) in [5.74, 6) is 1.48. The van der Waals surface area contributed by atoms with Gasteiger partial charge in [0.05, 0.1) is 6.54 Å². The number of aromatic nitrogens is 3. The molecule has 8 heteroatoms. The van der Waals surface area contributed by atoms with E-state index in [4.69, 9.17) is 0 Å². The minimum Gasteiger partial charge on any atom is -0.355 e. The van der Waals surface area contributed by atoms with Crippen molar-refractivity contribution in [1.82, 2.24) is 20.3 Å². The predicted molar refractivity (Wildman–Crippen MR) is 84.9 cm³/mol. The number of amides is 1. The van der Waals surface area contributed by atoms with E-state index in [1.807, 2.05) is 27.9 Å². The van der Waals surface area contributed by atoms with Crippen LogP contribution in [0.15, 0.2) is 0 Å². The zero-order valence-electron chi connectivity index (χ0n) is 13.5. The summed E-state index contributed by atoms with van der Waals surface area (Å²) in [4.78, 5) is 28.3. The Hall–Kier alpha value is -2.12. The first-order valence-electron chi connectivity index (χ1n) is 7.13. The number of hydrogen-bond acceptors (Lipinski definition) is 7. The Bertz CT molecular complexity index is 464. The highest BCUT2D eigenvalue weighted by molar-refractivity contribution is 5.80. The fourth-order valence-corrected chi connectivity index (χ4v) is 1.57. The molecule has 0 atom stereocenters. The first-order chi connectivity index (χ1) is 9.97. The van der Waals surface area contributed by atoms with E-state index in [0.717, 1.165) is 13.0 Å². The number of nitrogens with zero attached hydrogens (tertiary/aromatic N) is 5. The molecule has 0 bridgehead atoms. The molecule has 0 saturated heterocycles. The molecular weight excluding hydrogens is 270 g/mol. The van der Waals surface area contributed by atoms with E-state index in [0.29, 0.717) is 24.4 Å². The largest absolute Gasteiger partial charge is 0.355 e. The van der Waals surface area contributed by atoms with Crippen molar-refractivity contribution in [2.24, 2.45) is 0 Å². The van der Waals surface area contributed by atoms with Crippen LogP contribution in [-0.2, 0) is 4.79 Å². The maximum atomic E-state index is 11.8. The third-order valence-corrected chi connectivity index (χ3v) is 2.64. The third-order valence-electron chi connectivity index (χ3n) is 2.64. The number of likely N-dealkylation sites (N-methyl/N-ethyl adjacent to an activating group) is 1. The smallest absolute Gasteiger partial charge is 0.239 e. The number of nitrogens with one attached hydrogen (secondary N) is 2. The predicted octanol–water partition coefficient (Wildman–Crippen LogP) is 0.332. The van der Waals surface area contributed by atoms with Gasteiger partial charge in [0.25, 0.3) is 0 Å². The zero-order chi connectivity index (χ0) is 15.8. The lowest BCUT2D eigenvalue weighted by atomic mass is 10.4. The molecular formula is C13H25N7O. The van der Waals surface area contributed by atoms with Crippen LogP contribution in [0.4, 0.5) is 17.8 Å². The standard InChI is InChI=1S/C13H25N7O/c1-6-8-15-10(21)9-20(5)13-17-11(14-7-2)16-12(18-13)19(3)4/h6-9H2,1-5H3,(H,15,21)(H,14,16,17,18). The molecule has 2 N–H and O–H groups in total. The molecule has 0 aliphatic rings. The molecule has 118 valence electrons. The van der Waals surface area contributed by atoms with Crippen molar-refractivity contribution in [2.75, 3.05) is 55.9 Å². The van der Waals surface area contributed by atoms with Gasteiger partial charge in [0, 0.05) is 34.2 Å². The van der Waals surface area contributed by atoms with Gasteiger partial charge in [-0.2, -0.15) is 15.0 Å². The van der Waals surface area contributed by atoms with Crippen LogP contribution in [0.25, 0.3) is 0 Å². The van der Waals surface area contributed by atoms with Crippen LogP contribution in [0, 0.1) is 0 Å². The third kappa shape index (κ3) is 5.41. The second-order valence-electron chi connectivity index (χ2n) is 4.89. The fraction of sp³-hybridized carbons (Fsp3) is 0.692. The second kappa shape index (κ2) is 8.23. The maximum Gasteiger partial charge on any atom is 0.239 e. The summed E-state index contributed by atoms with van der Waals surface area (Å²) in [5.41, 5.74) is 0. The summed E-state index contributed by atoms with van der Waals surface area (Å²) in [6, 6.07) is 0. The summed E-state index contributed by atoms with van der Waals surface area (Å²) in [6.45, 7) is 5.59. The molecule has 0 saturated carbocycles. The van der Waals surface area contributed by atoms with Gasteiger partial charge in [0.2, 0.25) is 23.8 Å². The average Bonchev–Trinajstić information content (AvgIpc) is 2.45. The van der Waals surface area contributed by atoms with Crippen molar-refractivity contribution in [1.29, 1.82) is 0 Å². The second-order valence-corrected chi connectivity index (χ2v) is 4.89. The van der Waals surface area contributed by atoms with Crippen LogP contribution in [0.2, 0.25) is 0 Å². The van der Waals surface area contributed by atoms with Gasteiger partial charge in [-0.25, -0.2) is 0 Å². The van der Waals surface area contributed by atoms with E-state index < -0.39 is 0 Å². The molecule has 0 aromatic carbocycles. The Labute approximate surface area is 126 Å². The number of carbonyl (C=O) groups is 1. The molecule has 0 radical (unpaired) electrons. The minimum absolute atomic E-state index is 0.0452.